The van der Waals surface area contributed by atoms with Gasteiger partial charge in [0.05, 0.1) is 42.3 Å². The Balaban J connectivity index is 1.63. The van der Waals surface area contributed by atoms with Crippen LogP contribution in [-0.2, 0) is 19.8 Å². The van der Waals surface area contributed by atoms with Crippen LogP contribution in [0.1, 0.15) is 54.7 Å². The number of amides is 1. The Morgan fingerprint density at radius 1 is 1.20 bits per heavy atom. The van der Waals surface area contributed by atoms with Gasteiger partial charge >= 0.3 is 0 Å². The van der Waals surface area contributed by atoms with Crippen LogP contribution in [0.5, 0.6) is 5.75 Å². The average molecular weight is 501 g/mol. The third-order valence-electron chi connectivity index (χ3n) is 6.45. The number of sulfonamides is 1. The van der Waals surface area contributed by atoms with Crippen molar-refractivity contribution in [1.82, 2.24) is 19.5 Å². The summed E-state index contributed by atoms with van der Waals surface area (Å²) in [6, 6.07) is 11.0. The lowest BCUT2D eigenvalue weighted by Gasteiger charge is -2.24. The molecule has 1 atom stereocenters. The van der Waals surface area contributed by atoms with Gasteiger partial charge in [0, 0.05) is 17.9 Å². The van der Waals surface area contributed by atoms with Crippen LogP contribution in [-0.4, -0.2) is 54.7 Å². The zero-order valence-corrected chi connectivity index (χ0v) is 20.3. The molecule has 0 bridgehead atoms. The van der Waals surface area contributed by atoms with Crippen molar-refractivity contribution in [1.29, 1.82) is 0 Å². The van der Waals surface area contributed by atoms with E-state index in [0.717, 1.165) is 42.5 Å². The first-order valence-corrected chi connectivity index (χ1v) is 13.5. The monoisotopic (exact) mass is 500 g/mol. The van der Waals surface area contributed by atoms with Gasteiger partial charge in [0.2, 0.25) is 10.0 Å². The predicted octanol–water partition coefficient (Wildman–Crippen LogP) is 3.11. The van der Waals surface area contributed by atoms with Crippen LogP contribution < -0.4 is 9.46 Å². The lowest BCUT2D eigenvalue weighted by atomic mass is 9.82. The molecule has 3 aromatic rings. The van der Waals surface area contributed by atoms with Gasteiger partial charge in [-0.15, -0.1) is 0 Å². The van der Waals surface area contributed by atoms with E-state index in [1.165, 1.54) is 13.0 Å². The Hall–Kier alpha value is -3.02. The molecule has 2 aromatic heterocycles. The Morgan fingerprint density at radius 2 is 2.00 bits per heavy atom. The average Bonchev–Trinajstić information content (AvgIpc) is 3.21. The first-order valence-electron chi connectivity index (χ1n) is 11.9. The van der Waals surface area contributed by atoms with Gasteiger partial charge in [-0.25, -0.2) is 32.6 Å². The zero-order valence-electron chi connectivity index (χ0n) is 19.5. The Labute approximate surface area is 203 Å². The third kappa shape index (κ3) is 5.02. The van der Waals surface area contributed by atoms with Gasteiger partial charge in [0.15, 0.2) is 5.65 Å². The number of benzene rings is 1. The van der Waals surface area contributed by atoms with Crippen molar-refractivity contribution in [2.75, 3.05) is 25.6 Å². The highest BCUT2D eigenvalue weighted by molar-refractivity contribution is 7.90. The highest BCUT2D eigenvalue weighted by Gasteiger charge is 2.30. The predicted molar refractivity (Wildman–Crippen MR) is 128 cm³/mol. The smallest absolute Gasteiger partial charge is 0.283 e. The number of nitrogens with zero attached hydrogens (tertiary/aromatic N) is 3. The number of hydrogen-bond acceptors (Lipinski definition) is 8. The van der Waals surface area contributed by atoms with Crippen LogP contribution >= 0.6 is 0 Å². The summed E-state index contributed by atoms with van der Waals surface area (Å²) < 4.78 is 34.2. The summed E-state index contributed by atoms with van der Waals surface area (Å²) >= 11 is 0. The van der Waals surface area contributed by atoms with E-state index in [1.807, 2.05) is 30.3 Å². The topological polar surface area (TPSA) is 122 Å². The normalized spacial score (nSPS) is 18.8. The number of carbonyl (C=O) groups is 1. The van der Waals surface area contributed by atoms with E-state index >= 15 is 0 Å². The van der Waals surface area contributed by atoms with Crippen molar-refractivity contribution in [3.63, 3.8) is 0 Å². The molecule has 1 aromatic carbocycles. The molecule has 1 unspecified atom stereocenters. The second kappa shape index (κ2) is 9.92. The first kappa shape index (κ1) is 23.7. The number of hydrogen-bond donors (Lipinski definition) is 1. The largest absolute Gasteiger partial charge is 0.492 e. The van der Waals surface area contributed by atoms with Gasteiger partial charge in [-0.2, -0.15) is 5.10 Å². The standard InChI is InChI=1S/C24H28N4O6S/c1-2-35(30,31)27-24(29)19-13-20(32-14-16-11-12-33-34-15-16)21-22(17-7-6-8-17)26-28(23(21)25-19)18-9-4-3-5-10-18/h3-5,9-10,13,16-17H,2,6-8,11-12,14-15H2,1H3,(H,27,29). The number of fused-ring (bicyclic) bond motifs is 1. The molecule has 3 heterocycles. The number of ether oxygens (including phenoxy) is 1. The Morgan fingerprint density at radius 3 is 2.66 bits per heavy atom. The second-order valence-corrected chi connectivity index (χ2v) is 10.9. The van der Waals surface area contributed by atoms with Crippen LogP contribution in [0.25, 0.3) is 16.7 Å². The fraction of sp³-hybridized carbons (Fsp3) is 0.458. The van der Waals surface area contributed by atoms with E-state index < -0.39 is 15.9 Å². The van der Waals surface area contributed by atoms with Crippen LogP contribution in [0.2, 0.25) is 0 Å². The minimum absolute atomic E-state index is 0.0509. The number of aromatic nitrogens is 3. The van der Waals surface area contributed by atoms with Gasteiger partial charge in [-0.3, -0.25) is 4.79 Å². The van der Waals surface area contributed by atoms with Crippen LogP contribution in [0.4, 0.5) is 0 Å². The summed E-state index contributed by atoms with van der Waals surface area (Å²) in [6.45, 7) is 2.72. The highest BCUT2D eigenvalue weighted by Crippen LogP contribution is 2.42. The van der Waals surface area contributed by atoms with E-state index in [9.17, 15) is 13.2 Å². The van der Waals surface area contributed by atoms with Crippen molar-refractivity contribution in [3.05, 3.63) is 47.8 Å². The number of pyridine rings is 1. The van der Waals surface area contributed by atoms with Crippen molar-refractivity contribution in [3.8, 4) is 11.4 Å². The molecule has 1 saturated heterocycles. The van der Waals surface area contributed by atoms with E-state index in [1.54, 1.807) is 4.68 Å². The van der Waals surface area contributed by atoms with Crippen LogP contribution in [0, 0.1) is 5.92 Å². The lowest BCUT2D eigenvalue weighted by molar-refractivity contribution is -0.325. The lowest BCUT2D eigenvalue weighted by Crippen LogP contribution is -2.32. The summed E-state index contributed by atoms with van der Waals surface area (Å²) in [4.78, 5) is 27.6. The van der Waals surface area contributed by atoms with Crippen LogP contribution in [0.15, 0.2) is 36.4 Å². The SMILES string of the molecule is CCS(=O)(=O)NC(=O)c1cc(OCC2CCOOC2)c2c(C3CCC3)nn(-c3ccccc3)c2n1. The van der Waals surface area contributed by atoms with Gasteiger partial charge in [0.1, 0.15) is 11.4 Å². The van der Waals surface area contributed by atoms with Crippen molar-refractivity contribution >= 4 is 27.0 Å². The molecule has 0 spiro atoms. The Kier molecular flexibility index (Phi) is 6.72. The molecule has 1 aliphatic heterocycles. The van der Waals surface area contributed by atoms with Crippen LogP contribution in [0.3, 0.4) is 0 Å². The second-order valence-electron chi connectivity index (χ2n) is 8.87. The molecular formula is C24H28N4O6S. The summed E-state index contributed by atoms with van der Waals surface area (Å²) in [5.41, 5.74) is 2.08. The molecular weight excluding hydrogens is 472 g/mol. The van der Waals surface area contributed by atoms with Gasteiger partial charge < -0.3 is 4.74 Å². The fourth-order valence-corrected chi connectivity index (χ4v) is 4.69. The molecule has 35 heavy (non-hydrogen) atoms. The quantitative estimate of drug-likeness (QED) is 0.468. The number of para-hydroxylation sites is 1. The van der Waals surface area contributed by atoms with Crippen molar-refractivity contribution in [2.24, 2.45) is 5.92 Å². The fourth-order valence-electron chi connectivity index (χ4n) is 4.16. The number of carbonyl (C=O) groups excluding carboxylic acids is 1. The summed E-state index contributed by atoms with van der Waals surface area (Å²) in [7, 11) is -3.76. The molecule has 1 saturated carbocycles. The zero-order chi connectivity index (χ0) is 24.4. The summed E-state index contributed by atoms with van der Waals surface area (Å²) in [5, 5.41) is 5.66. The third-order valence-corrected chi connectivity index (χ3v) is 7.71. The Bertz CT molecular complexity index is 1310. The molecule has 10 nitrogen and oxygen atoms in total. The van der Waals surface area contributed by atoms with E-state index in [0.29, 0.717) is 31.2 Å². The van der Waals surface area contributed by atoms with E-state index in [-0.39, 0.29) is 23.3 Å². The maximum Gasteiger partial charge on any atom is 0.283 e. The number of rotatable bonds is 8. The minimum atomic E-state index is -3.76. The molecule has 1 aliphatic carbocycles. The summed E-state index contributed by atoms with van der Waals surface area (Å²) in [5.74, 6) is -0.162. The van der Waals surface area contributed by atoms with Crippen molar-refractivity contribution in [2.45, 2.75) is 38.5 Å². The van der Waals surface area contributed by atoms with Gasteiger partial charge in [-0.1, -0.05) is 24.6 Å². The first-order chi connectivity index (χ1) is 16.9. The summed E-state index contributed by atoms with van der Waals surface area (Å²) in [6.07, 6.45) is 3.95. The van der Waals surface area contributed by atoms with Crippen molar-refractivity contribution < 1.29 is 27.7 Å². The maximum atomic E-state index is 12.9. The van der Waals surface area contributed by atoms with Gasteiger partial charge in [0.25, 0.3) is 5.91 Å². The molecule has 2 fully saturated rings. The molecule has 1 amide bonds. The maximum absolute atomic E-state index is 12.9. The number of nitrogens with one attached hydrogen (secondary N) is 1. The van der Waals surface area contributed by atoms with Gasteiger partial charge in [-0.05, 0) is 38.3 Å². The minimum Gasteiger partial charge on any atom is -0.492 e. The molecule has 11 heteroatoms. The molecule has 0 radical (unpaired) electrons. The molecule has 2 aliphatic rings. The molecule has 1 N–H and O–H groups in total. The van der Waals surface area contributed by atoms with E-state index in [2.05, 4.69) is 9.71 Å². The highest BCUT2D eigenvalue weighted by atomic mass is 32.2. The van der Waals surface area contributed by atoms with E-state index in [4.69, 9.17) is 19.6 Å². The molecule has 186 valence electrons. The molecule has 5 rings (SSSR count).